The van der Waals surface area contributed by atoms with Crippen LogP contribution in [0, 0.1) is 0 Å². The number of benzene rings is 1. The van der Waals surface area contributed by atoms with Crippen molar-refractivity contribution in [3.8, 4) is 11.5 Å². The number of ether oxygens (including phenoxy) is 2. The summed E-state index contributed by atoms with van der Waals surface area (Å²) < 4.78 is 10.6. The van der Waals surface area contributed by atoms with E-state index < -0.39 is 0 Å². The highest BCUT2D eigenvalue weighted by molar-refractivity contribution is 6.10. The molecule has 2 rings (SSSR count). The number of allylic oxidation sites excluding steroid dienone is 2. The lowest BCUT2D eigenvalue weighted by molar-refractivity contribution is 0.102. The van der Waals surface area contributed by atoms with Crippen molar-refractivity contribution in [3.05, 3.63) is 35.4 Å². The van der Waals surface area contributed by atoms with Crippen LogP contribution in [0.1, 0.15) is 42.5 Å². The third-order valence-electron chi connectivity index (χ3n) is 3.48. The van der Waals surface area contributed by atoms with E-state index >= 15 is 0 Å². The zero-order chi connectivity index (χ0) is 13.7. The number of ketones is 1. The Morgan fingerprint density at radius 2 is 1.95 bits per heavy atom. The van der Waals surface area contributed by atoms with Crippen molar-refractivity contribution in [2.24, 2.45) is 0 Å². The molecule has 0 atom stereocenters. The normalized spacial score (nSPS) is 15.4. The van der Waals surface area contributed by atoms with Gasteiger partial charge in [-0.05, 0) is 43.4 Å². The molecule has 0 saturated carbocycles. The molecule has 1 aliphatic rings. The Morgan fingerprint density at radius 1 is 1.11 bits per heavy atom. The molecule has 102 valence electrons. The smallest absolute Gasteiger partial charge is 0.192 e. The van der Waals surface area contributed by atoms with Crippen LogP contribution in [0.5, 0.6) is 11.5 Å². The van der Waals surface area contributed by atoms with Gasteiger partial charge in [0.1, 0.15) is 0 Å². The van der Waals surface area contributed by atoms with Crippen LogP contribution in [0.2, 0.25) is 0 Å². The van der Waals surface area contributed by atoms with E-state index in [1.54, 1.807) is 26.4 Å². The molecule has 0 saturated heterocycles. The quantitative estimate of drug-likeness (QED) is 0.773. The summed E-state index contributed by atoms with van der Waals surface area (Å²) in [5.41, 5.74) is 1.50. The molecule has 3 nitrogen and oxygen atoms in total. The molecule has 0 bridgehead atoms. The molecule has 0 aliphatic heterocycles. The van der Waals surface area contributed by atoms with E-state index in [1.165, 1.54) is 12.8 Å². The lowest BCUT2D eigenvalue weighted by atomic mass is 9.98. The van der Waals surface area contributed by atoms with Crippen LogP contribution in [0.3, 0.4) is 0 Å². The molecule has 0 aromatic heterocycles. The van der Waals surface area contributed by atoms with Gasteiger partial charge in [-0.25, -0.2) is 0 Å². The lowest BCUT2D eigenvalue weighted by Gasteiger charge is -2.12. The highest BCUT2D eigenvalue weighted by Gasteiger charge is 2.20. The van der Waals surface area contributed by atoms with Gasteiger partial charge in [0.25, 0.3) is 0 Å². The maximum atomic E-state index is 12.6. The van der Waals surface area contributed by atoms with E-state index in [9.17, 15) is 4.79 Å². The van der Waals surface area contributed by atoms with Gasteiger partial charge in [-0.1, -0.05) is 18.6 Å². The Bertz CT molecular complexity index is 489. The van der Waals surface area contributed by atoms with Crippen LogP contribution in [-0.2, 0) is 0 Å². The predicted molar refractivity (Wildman–Crippen MR) is 75.0 cm³/mol. The van der Waals surface area contributed by atoms with E-state index in [1.807, 2.05) is 6.07 Å². The molecule has 0 fully saturated rings. The molecule has 0 N–H and O–H groups in total. The number of Topliss-reactive ketones (excluding diaryl/α,β-unsaturated/α-hetero) is 1. The third-order valence-corrected chi connectivity index (χ3v) is 3.48. The first-order chi connectivity index (χ1) is 9.27. The fourth-order valence-corrected chi connectivity index (χ4v) is 2.46. The van der Waals surface area contributed by atoms with E-state index in [2.05, 4.69) is 6.08 Å². The van der Waals surface area contributed by atoms with Gasteiger partial charge in [0.15, 0.2) is 17.3 Å². The van der Waals surface area contributed by atoms with E-state index in [0.29, 0.717) is 17.1 Å². The second kappa shape index (κ2) is 6.41. The molecule has 0 heterocycles. The maximum absolute atomic E-state index is 12.6. The summed E-state index contributed by atoms with van der Waals surface area (Å²) in [4.78, 5) is 12.6. The number of hydrogen-bond donors (Lipinski definition) is 0. The van der Waals surface area contributed by atoms with Crippen molar-refractivity contribution < 1.29 is 14.3 Å². The fourth-order valence-electron chi connectivity index (χ4n) is 2.46. The van der Waals surface area contributed by atoms with Crippen LogP contribution in [0.25, 0.3) is 0 Å². The Morgan fingerprint density at radius 3 is 2.68 bits per heavy atom. The number of hydrogen-bond acceptors (Lipinski definition) is 3. The van der Waals surface area contributed by atoms with Crippen LogP contribution in [0.4, 0.5) is 0 Å². The van der Waals surface area contributed by atoms with Crippen molar-refractivity contribution in [2.45, 2.75) is 32.1 Å². The third kappa shape index (κ3) is 2.98. The fraction of sp³-hybridized carbons (Fsp3) is 0.438. The Kier molecular flexibility index (Phi) is 4.61. The molecule has 1 aromatic carbocycles. The molecule has 0 radical (unpaired) electrons. The van der Waals surface area contributed by atoms with E-state index in [4.69, 9.17) is 9.47 Å². The van der Waals surface area contributed by atoms with E-state index in [0.717, 1.165) is 24.8 Å². The van der Waals surface area contributed by atoms with Crippen molar-refractivity contribution in [1.82, 2.24) is 0 Å². The average molecular weight is 260 g/mol. The van der Waals surface area contributed by atoms with Crippen molar-refractivity contribution >= 4 is 5.78 Å². The standard InChI is InChI=1S/C16H20O3/c1-18-14-11-7-10-13(16(14)19-2)15(17)12-8-5-3-4-6-9-12/h7-8,10-11H,3-6,9H2,1-2H3. The summed E-state index contributed by atoms with van der Waals surface area (Å²) in [5.74, 6) is 1.19. The summed E-state index contributed by atoms with van der Waals surface area (Å²) in [7, 11) is 3.15. The Hall–Kier alpha value is -1.77. The lowest BCUT2D eigenvalue weighted by Crippen LogP contribution is -2.06. The molecule has 1 aromatic rings. The number of rotatable bonds is 4. The average Bonchev–Trinajstić information content (AvgIpc) is 2.74. The van der Waals surface area contributed by atoms with Crippen LogP contribution < -0.4 is 9.47 Å². The van der Waals surface area contributed by atoms with Gasteiger partial charge in [0.05, 0.1) is 19.8 Å². The number of carbonyl (C=O) groups excluding carboxylic acids is 1. The van der Waals surface area contributed by atoms with Crippen molar-refractivity contribution in [1.29, 1.82) is 0 Å². The van der Waals surface area contributed by atoms with Crippen LogP contribution in [0.15, 0.2) is 29.8 Å². The van der Waals surface area contributed by atoms with Crippen molar-refractivity contribution in [2.75, 3.05) is 14.2 Å². The van der Waals surface area contributed by atoms with Gasteiger partial charge in [0, 0.05) is 0 Å². The topological polar surface area (TPSA) is 35.5 Å². The van der Waals surface area contributed by atoms with Crippen LogP contribution >= 0.6 is 0 Å². The van der Waals surface area contributed by atoms with Gasteiger partial charge in [0.2, 0.25) is 0 Å². The van der Waals surface area contributed by atoms with Gasteiger partial charge in [-0.15, -0.1) is 0 Å². The Balaban J connectivity index is 2.35. The molecule has 0 spiro atoms. The van der Waals surface area contributed by atoms with Gasteiger partial charge in [-0.2, -0.15) is 0 Å². The summed E-state index contributed by atoms with van der Waals surface area (Å²) in [6.45, 7) is 0. The molecule has 3 heteroatoms. The van der Waals surface area contributed by atoms with Gasteiger partial charge < -0.3 is 9.47 Å². The molecule has 1 aliphatic carbocycles. The Labute approximate surface area is 114 Å². The minimum Gasteiger partial charge on any atom is -0.493 e. The first-order valence-corrected chi connectivity index (χ1v) is 6.72. The molecular formula is C16H20O3. The first-order valence-electron chi connectivity index (χ1n) is 6.72. The summed E-state index contributed by atoms with van der Waals surface area (Å²) in [5, 5.41) is 0. The molecular weight excluding hydrogens is 240 g/mol. The largest absolute Gasteiger partial charge is 0.493 e. The zero-order valence-electron chi connectivity index (χ0n) is 11.6. The van der Waals surface area contributed by atoms with Crippen molar-refractivity contribution in [3.63, 3.8) is 0 Å². The van der Waals surface area contributed by atoms with Crippen LogP contribution in [-0.4, -0.2) is 20.0 Å². The monoisotopic (exact) mass is 260 g/mol. The first kappa shape index (κ1) is 13.7. The second-order valence-electron chi connectivity index (χ2n) is 4.70. The highest BCUT2D eigenvalue weighted by Crippen LogP contribution is 2.33. The molecule has 0 unspecified atom stereocenters. The van der Waals surface area contributed by atoms with E-state index in [-0.39, 0.29) is 5.78 Å². The SMILES string of the molecule is COc1cccc(C(=O)C2=CCCCCC2)c1OC. The predicted octanol–water partition coefficient (Wildman–Crippen LogP) is 3.78. The number of methoxy groups -OCH3 is 2. The summed E-state index contributed by atoms with van der Waals surface area (Å²) in [6.07, 6.45) is 7.39. The minimum absolute atomic E-state index is 0.0673. The molecule has 19 heavy (non-hydrogen) atoms. The van der Waals surface area contributed by atoms with Gasteiger partial charge >= 0.3 is 0 Å². The second-order valence-corrected chi connectivity index (χ2v) is 4.70. The number of carbonyl (C=O) groups is 1. The highest BCUT2D eigenvalue weighted by atomic mass is 16.5. The number of para-hydroxylation sites is 1. The molecule has 0 amide bonds. The summed E-state index contributed by atoms with van der Waals surface area (Å²) in [6, 6.07) is 5.43. The summed E-state index contributed by atoms with van der Waals surface area (Å²) >= 11 is 0. The zero-order valence-corrected chi connectivity index (χ0v) is 11.6. The van der Waals surface area contributed by atoms with Gasteiger partial charge in [-0.3, -0.25) is 4.79 Å². The maximum Gasteiger partial charge on any atom is 0.192 e. The minimum atomic E-state index is 0.0673.